The lowest BCUT2D eigenvalue weighted by molar-refractivity contribution is -0.164. The van der Waals surface area contributed by atoms with Gasteiger partial charge in [-0.1, -0.05) is 32.6 Å². The van der Waals surface area contributed by atoms with Gasteiger partial charge in [0.25, 0.3) is 0 Å². The average Bonchev–Trinajstić information content (AvgIpc) is 3.15. The number of carbonyl (C=O) groups is 3. The van der Waals surface area contributed by atoms with E-state index in [1.807, 2.05) is 32.2 Å². The van der Waals surface area contributed by atoms with Crippen LogP contribution in [0.1, 0.15) is 53.4 Å². The maximum Gasteiger partial charge on any atom is 0.309 e. The van der Waals surface area contributed by atoms with Gasteiger partial charge < -0.3 is 5.32 Å². The normalized spacial score (nSPS) is 19.1. The molecule has 1 unspecified atom stereocenters. The fourth-order valence-corrected chi connectivity index (χ4v) is 2.85. The SMILES string of the molecule is CCC(C)(C)C(=O)C(=O)N1CCCN1C(=O)CCC#CC1=CC=CNC1C. The second kappa shape index (κ2) is 8.90. The summed E-state index contributed by atoms with van der Waals surface area (Å²) in [5.41, 5.74) is 0.266. The highest BCUT2D eigenvalue weighted by Crippen LogP contribution is 2.24. The Morgan fingerprint density at radius 2 is 1.96 bits per heavy atom. The number of amides is 2. The quantitative estimate of drug-likeness (QED) is 0.594. The summed E-state index contributed by atoms with van der Waals surface area (Å²) in [6.07, 6.45) is 7.64. The molecule has 0 aromatic rings. The summed E-state index contributed by atoms with van der Waals surface area (Å²) >= 11 is 0. The van der Waals surface area contributed by atoms with E-state index in [1.165, 1.54) is 10.0 Å². The summed E-state index contributed by atoms with van der Waals surface area (Å²) in [5, 5.41) is 5.90. The first-order valence-electron chi connectivity index (χ1n) is 9.56. The number of carbonyl (C=O) groups excluding carboxylic acids is 3. The number of rotatable bonds is 5. The minimum absolute atomic E-state index is 0.165. The Kier molecular flexibility index (Phi) is 6.84. The number of Topliss-reactive ketones (excluding diaryl/α,β-unsaturated/α-hetero) is 1. The van der Waals surface area contributed by atoms with Gasteiger partial charge in [-0.15, -0.1) is 0 Å². The number of nitrogens with zero attached hydrogens (tertiary/aromatic N) is 2. The van der Waals surface area contributed by atoms with Gasteiger partial charge in [-0.25, -0.2) is 5.01 Å². The average molecular weight is 371 g/mol. The molecule has 2 amide bonds. The Morgan fingerprint density at radius 3 is 2.63 bits per heavy atom. The zero-order chi connectivity index (χ0) is 20.0. The van der Waals surface area contributed by atoms with E-state index in [0.29, 0.717) is 32.4 Å². The molecule has 0 spiro atoms. The first-order chi connectivity index (χ1) is 12.8. The number of nitrogens with one attached hydrogen (secondary N) is 1. The second-order valence-corrected chi connectivity index (χ2v) is 7.54. The molecule has 1 N–H and O–H groups in total. The van der Waals surface area contributed by atoms with Gasteiger partial charge in [-0.2, -0.15) is 0 Å². The fraction of sp³-hybridized carbons (Fsp3) is 0.571. The number of allylic oxidation sites excluding steroid dienone is 2. The molecule has 2 rings (SSSR count). The van der Waals surface area contributed by atoms with Gasteiger partial charge in [0.05, 0.1) is 6.04 Å². The molecule has 6 heteroatoms. The maximum absolute atomic E-state index is 12.6. The van der Waals surface area contributed by atoms with Crippen molar-refractivity contribution in [2.75, 3.05) is 13.1 Å². The van der Waals surface area contributed by atoms with Gasteiger partial charge in [0, 0.05) is 36.9 Å². The van der Waals surface area contributed by atoms with Crippen LogP contribution in [0.15, 0.2) is 23.9 Å². The summed E-state index contributed by atoms with van der Waals surface area (Å²) in [4.78, 5) is 37.6. The van der Waals surface area contributed by atoms with E-state index < -0.39 is 17.1 Å². The van der Waals surface area contributed by atoms with Crippen LogP contribution in [-0.2, 0) is 14.4 Å². The lowest BCUT2D eigenvalue weighted by atomic mass is 9.85. The molecule has 2 aliphatic heterocycles. The van der Waals surface area contributed by atoms with Crippen LogP contribution in [0.2, 0.25) is 0 Å². The zero-order valence-corrected chi connectivity index (χ0v) is 16.7. The van der Waals surface area contributed by atoms with E-state index in [2.05, 4.69) is 17.2 Å². The molecule has 0 bridgehead atoms. The number of hydrazine groups is 1. The molecule has 1 saturated heterocycles. The molecule has 0 saturated carbocycles. The van der Waals surface area contributed by atoms with Crippen molar-refractivity contribution in [2.45, 2.75) is 59.4 Å². The summed E-state index contributed by atoms with van der Waals surface area (Å²) in [5.74, 6) is 4.93. The largest absolute Gasteiger partial charge is 0.384 e. The molecule has 27 heavy (non-hydrogen) atoms. The third-order valence-electron chi connectivity index (χ3n) is 5.13. The van der Waals surface area contributed by atoms with Gasteiger partial charge in [-0.3, -0.25) is 19.4 Å². The minimum Gasteiger partial charge on any atom is -0.384 e. The van der Waals surface area contributed by atoms with Crippen LogP contribution in [0, 0.1) is 17.3 Å². The zero-order valence-electron chi connectivity index (χ0n) is 16.7. The highest BCUT2D eigenvalue weighted by Gasteiger charge is 2.39. The topological polar surface area (TPSA) is 69.7 Å². The Labute approximate surface area is 161 Å². The summed E-state index contributed by atoms with van der Waals surface area (Å²) in [6, 6.07) is 0.165. The Morgan fingerprint density at radius 1 is 1.26 bits per heavy atom. The number of hydrogen-bond donors (Lipinski definition) is 1. The molecule has 146 valence electrons. The Hall–Kier alpha value is -2.55. The summed E-state index contributed by atoms with van der Waals surface area (Å²) in [6.45, 7) is 8.30. The third-order valence-corrected chi connectivity index (χ3v) is 5.13. The van der Waals surface area contributed by atoms with Crippen molar-refractivity contribution in [1.82, 2.24) is 15.3 Å². The van der Waals surface area contributed by atoms with E-state index in [-0.39, 0.29) is 18.4 Å². The van der Waals surface area contributed by atoms with Crippen molar-refractivity contribution in [2.24, 2.45) is 5.41 Å². The van der Waals surface area contributed by atoms with Gasteiger partial charge >= 0.3 is 5.91 Å². The van der Waals surface area contributed by atoms with Crippen molar-refractivity contribution in [1.29, 1.82) is 0 Å². The van der Waals surface area contributed by atoms with Crippen LogP contribution in [-0.4, -0.2) is 46.7 Å². The van der Waals surface area contributed by atoms with Crippen LogP contribution in [0.4, 0.5) is 0 Å². The fourth-order valence-electron chi connectivity index (χ4n) is 2.85. The summed E-state index contributed by atoms with van der Waals surface area (Å²) < 4.78 is 0. The van der Waals surface area contributed by atoms with Gasteiger partial charge in [-0.05, 0) is 38.1 Å². The van der Waals surface area contributed by atoms with Crippen molar-refractivity contribution in [3.63, 3.8) is 0 Å². The van der Waals surface area contributed by atoms with Crippen LogP contribution in [0.25, 0.3) is 0 Å². The molecule has 0 aliphatic carbocycles. The predicted molar refractivity (Wildman–Crippen MR) is 104 cm³/mol. The van der Waals surface area contributed by atoms with Crippen LogP contribution in [0.5, 0.6) is 0 Å². The van der Waals surface area contributed by atoms with Crippen molar-refractivity contribution in [3.05, 3.63) is 23.9 Å². The van der Waals surface area contributed by atoms with E-state index in [0.717, 1.165) is 5.57 Å². The van der Waals surface area contributed by atoms with Crippen molar-refractivity contribution < 1.29 is 14.4 Å². The van der Waals surface area contributed by atoms with E-state index in [1.54, 1.807) is 13.8 Å². The van der Waals surface area contributed by atoms with Crippen LogP contribution >= 0.6 is 0 Å². The third kappa shape index (κ3) is 5.00. The molecule has 1 atom stereocenters. The molecule has 2 aliphatic rings. The predicted octanol–water partition coefficient (Wildman–Crippen LogP) is 2.18. The number of dihydropyridines is 1. The molecule has 0 aromatic carbocycles. The highest BCUT2D eigenvalue weighted by molar-refractivity contribution is 6.38. The molecular formula is C21H29N3O3. The number of hydrogen-bond acceptors (Lipinski definition) is 4. The first kappa shape index (κ1) is 20.8. The summed E-state index contributed by atoms with van der Waals surface area (Å²) in [7, 11) is 0. The first-order valence-corrected chi connectivity index (χ1v) is 9.56. The minimum atomic E-state index is -0.716. The lowest BCUT2D eigenvalue weighted by Gasteiger charge is -2.30. The maximum atomic E-state index is 12.6. The van der Waals surface area contributed by atoms with Crippen molar-refractivity contribution in [3.8, 4) is 11.8 Å². The van der Waals surface area contributed by atoms with Gasteiger partial charge in [0.1, 0.15) is 0 Å². The molecule has 0 radical (unpaired) electrons. The monoisotopic (exact) mass is 371 g/mol. The molecular weight excluding hydrogens is 342 g/mol. The molecule has 2 heterocycles. The number of ketones is 1. The molecule has 6 nitrogen and oxygen atoms in total. The van der Waals surface area contributed by atoms with Crippen LogP contribution in [0.3, 0.4) is 0 Å². The van der Waals surface area contributed by atoms with Gasteiger partial charge in [0.2, 0.25) is 11.7 Å². The molecule has 1 fully saturated rings. The standard InChI is InChI=1S/C21H29N3O3/c1-5-21(3,4)19(26)20(27)24-15-9-14-23(24)18(25)12-7-6-10-17-11-8-13-22-16(17)2/h8,11,13,16,22H,5,7,9,12,14-15H2,1-4H3. The lowest BCUT2D eigenvalue weighted by Crippen LogP contribution is -2.50. The Balaban J connectivity index is 1.94. The van der Waals surface area contributed by atoms with E-state index >= 15 is 0 Å². The van der Waals surface area contributed by atoms with Crippen molar-refractivity contribution >= 4 is 17.6 Å². The second-order valence-electron chi connectivity index (χ2n) is 7.54. The van der Waals surface area contributed by atoms with Crippen LogP contribution < -0.4 is 5.32 Å². The van der Waals surface area contributed by atoms with Gasteiger partial charge in [0.15, 0.2) is 0 Å². The highest BCUT2D eigenvalue weighted by atomic mass is 16.2. The van der Waals surface area contributed by atoms with E-state index in [9.17, 15) is 14.4 Å². The smallest absolute Gasteiger partial charge is 0.309 e. The van der Waals surface area contributed by atoms with E-state index in [4.69, 9.17) is 0 Å². The Bertz CT molecular complexity index is 725. The molecule has 0 aromatic heterocycles.